The molecule has 3 aromatic carbocycles. The van der Waals surface area contributed by atoms with Gasteiger partial charge in [-0.3, -0.25) is 43.9 Å². The zero-order valence-electron chi connectivity index (χ0n) is 38.1. The lowest BCUT2D eigenvalue weighted by Gasteiger charge is -2.42. The number of carbonyl (C=O) groups excluding carboxylic acids is 6. The molecular formula is C49H51F3N10O7S. The second-order valence-electron chi connectivity index (χ2n) is 18.1. The van der Waals surface area contributed by atoms with Crippen molar-refractivity contribution in [1.29, 1.82) is 0 Å². The molecule has 2 aromatic heterocycles. The SMILES string of the molecule is O=C1CCC(N2C(=O)c3cccc(NC(=O)CCCCN4CCN(CCN5CCC(CNC(=O)c6cccc(-c7noc(C(F)(F)F)n7)c6)(c6nc(-c7ccccc7)cs6)CC5)CC4)c3C2=O)C(=O)N1. The lowest BCUT2D eigenvalue weighted by atomic mass is 9.78. The average Bonchev–Trinajstić information content (AvgIpc) is 4.13. The van der Waals surface area contributed by atoms with Gasteiger partial charge in [-0.2, -0.15) is 18.2 Å². The highest BCUT2D eigenvalue weighted by Crippen LogP contribution is 2.39. The first kappa shape index (κ1) is 48.3. The fraction of sp³-hybridized carbons (Fsp3) is 0.408. The summed E-state index contributed by atoms with van der Waals surface area (Å²) in [7, 11) is 0. The Morgan fingerprint density at radius 1 is 0.814 bits per heavy atom. The maximum atomic E-state index is 13.6. The molecule has 3 N–H and O–H groups in total. The van der Waals surface area contributed by atoms with Gasteiger partial charge in [0.05, 0.1) is 22.5 Å². The number of rotatable bonds is 16. The maximum absolute atomic E-state index is 13.6. The minimum Gasteiger partial charge on any atom is -0.351 e. The number of nitrogens with one attached hydrogen (secondary N) is 3. The Labute approximate surface area is 404 Å². The minimum absolute atomic E-state index is 0.0161. The van der Waals surface area contributed by atoms with E-state index in [0.717, 1.165) is 99.3 Å². The number of aromatic nitrogens is 3. The number of halogens is 3. The van der Waals surface area contributed by atoms with Crippen molar-refractivity contribution in [3.8, 4) is 22.6 Å². The highest BCUT2D eigenvalue weighted by Gasteiger charge is 2.46. The van der Waals surface area contributed by atoms with Gasteiger partial charge >= 0.3 is 12.1 Å². The largest absolute Gasteiger partial charge is 0.471 e. The number of benzene rings is 3. The van der Waals surface area contributed by atoms with E-state index in [1.54, 1.807) is 35.6 Å². The van der Waals surface area contributed by atoms with Crippen LogP contribution in [0.4, 0.5) is 18.9 Å². The number of piperazine rings is 1. The standard InChI is InChI=1S/C49H51F3N10O7S/c50-49(51,52)46-57-41(58-69-46)32-10-6-11-33(28-32)42(65)53-30-48(47-55-36(29-70-47)31-8-2-1-3-9-31)17-20-60(21-18-48)24-27-61-25-22-59(23-26-61)19-5-4-14-38(63)54-35-13-7-12-34-40(35)45(68)62(44(34)67)37-15-16-39(64)56-43(37)66/h1-3,6-13,28-29,37H,4-5,14-27,30H2,(H,53,65)(H,54,63)(H,56,64,66). The van der Waals surface area contributed by atoms with Crippen LogP contribution in [0.2, 0.25) is 0 Å². The molecule has 4 aliphatic heterocycles. The van der Waals surface area contributed by atoms with Crippen molar-refractivity contribution in [1.82, 2.24) is 45.4 Å². The summed E-state index contributed by atoms with van der Waals surface area (Å²) < 4.78 is 43.8. The molecule has 0 saturated carbocycles. The van der Waals surface area contributed by atoms with Gasteiger partial charge in [0.25, 0.3) is 17.7 Å². The monoisotopic (exact) mass is 980 g/mol. The van der Waals surface area contributed by atoms with Crippen LogP contribution < -0.4 is 16.0 Å². The molecule has 3 fully saturated rings. The van der Waals surface area contributed by atoms with Crippen molar-refractivity contribution in [2.45, 2.75) is 62.6 Å². The van der Waals surface area contributed by atoms with Gasteiger partial charge in [-0.1, -0.05) is 53.7 Å². The molecule has 0 aliphatic carbocycles. The number of piperidine rings is 2. The van der Waals surface area contributed by atoms with Gasteiger partial charge in [0, 0.05) is 86.1 Å². The Morgan fingerprint density at radius 2 is 1.51 bits per heavy atom. The van der Waals surface area contributed by atoms with Gasteiger partial charge in [0.15, 0.2) is 0 Å². The minimum atomic E-state index is -4.79. The van der Waals surface area contributed by atoms with E-state index in [2.05, 4.69) is 45.3 Å². The summed E-state index contributed by atoms with van der Waals surface area (Å²) in [6, 6.07) is 19.6. The van der Waals surface area contributed by atoms with Crippen LogP contribution in [-0.2, 0) is 26.0 Å². The molecule has 0 radical (unpaired) electrons. The molecule has 0 spiro atoms. The van der Waals surface area contributed by atoms with Gasteiger partial charge in [-0.25, -0.2) is 4.98 Å². The topological polar surface area (TPSA) is 203 Å². The van der Waals surface area contributed by atoms with Gasteiger partial charge in [-0.15, -0.1) is 11.3 Å². The van der Waals surface area contributed by atoms with Gasteiger partial charge in [0.1, 0.15) is 11.0 Å². The summed E-state index contributed by atoms with van der Waals surface area (Å²) in [6.45, 7) is 8.24. The highest BCUT2D eigenvalue weighted by molar-refractivity contribution is 7.10. The second-order valence-corrected chi connectivity index (χ2v) is 18.9. The molecule has 6 amide bonds. The molecule has 21 heteroatoms. The molecule has 17 nitrogen and oxygen atoms in total. The molecule has 1 unspecified atom stereocenters. The quantitative estimate of drug-likeness (QED) is 0.0831. The van der Waals surface area contributed by atoms with Crippen LogP contribution in [0.1, 0.15) is 86.9 Å². The van der Waals surface area contributed by atoms with E-state index < -0.39 is 47.2 Å². The van der Waals surface area contributed by atoms with Crippen molar-refractivity contribution >= 4 is 52.5 Å². The van der Waals surface area contributed by atoms with Gasteiger partial charge in [-0.05, 0) is 76.0 Å². The van der Waals surface area contributed by atoms with Crippen molar-refractivity contribution in [2.75, 3.05) is 70.8 Å². The van der Waals surface area contributed by atoms with E-state index in [4.69, 9.17) is 4.98 Å². The van der Waals surface area contributed by atoms with Crippen LogP contribution >= 0.6 is 11.3 Å². The molecule has 4 aliphatic rings. The first-order chi connectivity index (χ1) is 33.7. The summed E-state index contributed by atoms with van der Waals surface area (Å²) in [6.07, 6.45) is -1.53. The number of hydrogen-bond acceptors (Lipinski definition) is 14. The van der Waals surface area contributed by atoms with E-state index in [1.165, 1.54) is 18.2 Å². The number of hydrogen-bond donors (Lipinski definition) is 3. The Balaban J connectivity index is 0.726. The maximum Gasteiger partial charge on any atom is 0.471 e. The number of amides is 6. The summed E-state index contributed by atoms with van der Waals surface area (Å²) in [5.74, 6) is -4.82. The molecule has 70 heavy (non-hydrogen) atoms. The normalized spacial score (nSPS) is 19.0. The van der Waals surface area contributed by atoms with E-state index in [9.17, 15) is 41.9 Å². The number of likely N-dealkylation sites (tertiary alicyclic amines) is 1. The number of fused-ring (bicyclic) bond motifs is 1. The van der Waals surface area contributed by atoms with Gasteiger partial charge in [0.2, 0.25) is 23.5 Å². The molecule has 366 valence electrons. The van der Waals surface area contributed by atoms with Crippen molar-refractivity contribution < 1.29 is 46.5 Å². The predicted molar refractivity (Wildman–Crippen MR) is 250 cm³/mol. The Bertz CT molecular complexity index is 2770. The molecule has 3 saturated heterocycles. The third kappa shape index (κ3) is 10.7. The third-order valence-corrected chi connectivity index (χ3v) is 14.6. The molecule has 1 atom stereocenters. The zero-order chi connectivity index (χ0) is 49.0. The van der Waals surface area contributed by atoms with Crippen molar-refractivity contribution in [3.05, 3.63) is 106 Å². The van der Waals surface area contributed by atoms with E-state index in [1.807, 2.05) is 35.7 Å². The molecule has 0 bridgehead atoms. The van der Waals surface area contributed by atoms with Crippen LogP contribution in [-0.4, -0.2) is 142 Å². The molecular weight excluding hydrogens is 930 g/mol. The Hall–Kier alpha value is -6.68. The smallest absolute Gasteiger partial charge is 0.351 e. The molecule has 6 heterocycles. The van der Waals surface area contributed by atoms with Crippen LogP contribution in [0.5, 0.6) is 0 Å². The fourth-order valence-corrected chi connectivity index (χ4v) is 10.6. The van der Waals surface area contributed by atoms with Gasteiger partial charge < -0.3 is 25.0 Å². The van der Waals surface area contributed by atoms with Crippen LogP contribution in [0.15, 0.2) is 82.7 Å². The first-order valence-electron chi connectivity index (χ1n) is 23.4. The number of unbranched alkanes of at least 4 members (excludes halogenated alkanes) is 1. The van der Waals surface area contributed by atoms with E-state index in [-0.39, 0.29) is 64.8 Å². The average molecular weight is 981 g/mol. The van der Waals surface area contributed by atoms with Crippen LogP contribution in [0.3, 0.4) is 0 Å². The zero-order valence-corrected chi connectivity index (χ0v) is 39.0. The summed E-state index contributed by atoms with van der Waals surface area (Å²) in [4.78, 5) is 94.1. The lowest BCUT2D eigenvalue weighted by Crippen LogP contribution is -2.54. The highest BCUT2D eigenvalue weighted by atomic mass is 32.1. The lowest BCUT2D eigenvalue weighted by molar-refractivity contribution is -0.159. The summed E-state index contributed by atoms with van der Waals surface area (Å²) in [5, 5.41) is 14.6. The Morgan fingerprint density at radius 3 is 2.23 bits per heavy atom. The van der Waals surface area contributed by atoms with E-state index >= 15 is 0 Å². The number of imide groups is 2. The van der Waals surface area contributed by atoms with Crippen molar-refractivity contribution in [3.63, 3.8) is 0 Å². The predicted octanol–water partition coefficient (Wildman–Crippen LogP) is 5.47. The Kier molecular flexibility index (Phi) is 14.3. The van der Waals surface area contributed by atoms with Crippen LogP contribution in [0, 0.1) is 0 Å². The summed E-state index contributed by atoms with van der Waals surface area (Å²) >= 11 is 1.58. The number of thiazole rings is 1. The summed E-state index contributed by atoms with van der Waals surface area (Å²) in [5.41, 5.74) is 2.30. The number of anilines is 1. The number of alkyl halides is 3. The first-order valence-corrected chi connectivity index (χ1v) is 24.3. The molecule has 5 aromatic rings. The third-order valence-electron chi connectivity index (χ3n) is 13.5. The number of carbonyl (C=O) groups is 6. The fourth-order valence-electron chi connectivity index (χ4n) is 9.51. The van der Waals surface area contributed by atoms with E-state index in [0.29, 0.717) is 13.0 Å². The number of nitrogens with zero attached hydrogens (tertiary/aromatic N) is 7. The van der Waals surface area contributed by atoms with Crippen LogP contribution in [0.25, 0.3) is 22.6 Å². The molecule has 9 rings (SSSR count). The second kappa shape index (κ2) is 20.7. The van der Waals surface area contributed by atoms with Crippen molar-refractivity contribution in [2.24, 2.45) is 0 Å².